The Kier molecular flexibility index (Phi) is 5.21. The van der Waals surface area contributed by atoms with E-state index in [-0.39, 0.29) is 11.3 Å². The van der Waals surface area contributed by atoms with Crippen LogP contribution in [-0.2, 0) is 10.0 Å². The van der Waals surface area contributed by atoms with Crippen molar-refractivity contribution in [2.75, 3.05) is 13.1 Å². The maximum atomic E-state index is 12.4. The maximum absolute atomic E-state index is 12.4. The lowest BCUT2D eigenvalue weighted by molar-refractivity contribution is 0.345. The van der Waals surface area contributed by atoms with Crippen LogP contribution in [0.1, 0.15) is 46.0 Å². The summed E-state index contributed by atoms with van der Waals surface area (Å²) in [6, 6.07) is 0.0390. The Balaban J connectivity index is 2.74. The minimum absolute atomic E-state index is 0.0390. The van der Waals surface area contributed by atoms with Gasteiger partial charge in [-0.15, -0.1) is 0 Å². The van der Waals surface area contributed by atoms with E-state index in [0.717, 1.165) is 32.1 Å². The summed E-state index contributed by atoms with van der Waals surface area (Å²) in [7, 11) is -3.09. The zero-order valence-corrected chi connectivity index (χ0v) is 11.2. The SMILES string of the molecule is CC(C)N(CCCN)S(=O)(=O)C1CCCC1. The summed E-state index contributed by atoms with van der Waals surface area (Å²) >= 11 is 0. The minimum atomic E-state index is -3.09. The largest absolute Gasteiger partial charge is 0.330 e. The maximum Gasteiger partial charge on any atom is 0.217 e. The second-order valence-electron chi connectivity index (χ2n) is 4.80. The Morgan fingerprint density at radius 2 is 1.88 bits per heavy atom. The molecule has 0 atom stereocenters. The molecule has 0 aliphatic heterocycles. The Labute approximate surface area is 99.2 Å². The van der Waals surface area contributed by atoms with Gasteiger partial charge in [-0.2, -0.15) is 4.31 Å². The molecule has 1 aliphatic rings. The van der Waals surface area contributed by atoms with Crippen LogP contribution in [0.3, 0.4) is 0 Å². The molecule has 0 bridgehead atoms. The predicted molar refractivity (Wildman–Crippen MR) is 66.7 cm³/mol. The van der Waals surface area contributed by atoms with Crippen molar-refractivity contribution < 1.29 is 8.42 Å². The monoisotopic (exact) mass is 248 g/mol. The van der Waals surface area contributed by atoms with Crippen LogP contribution in [0.5, 0.6) is 0 Å². The lowest BCUT2D eigenvalue weighted by atomic mass is 10.3. The van der Waals surface area contributed by atoms with Gasteiger partial charge in [0.15, 0.2) is 0 Å². The first-order valence-electron chi connectivity index (χ1n) is 6.21. The third-order valence-corrected chi connectivity index (χ3v) is 5.78. The van der Waals surface area contributed by atoms with Crippen molar-refractivity contribution in [3.05, 3.63) is 0 Å². The minimum Gasteiger partial charge on any atom is -0.330 e. The molecule has 2 N–H and O–H groups in total. The summed E-state index contributed by atoms with van der Waals surface area (Å²) < 4.78 is 26.4. The standard InChI is InChI=1S/C11H24N2O2S/c1-10(2)13(9-5-8-12)16(14,15)11-6-3-4-7-11/h10-11H,3-9,12H2,1-2H3. The Morgan fingerprint density at radius 3 is 2.31 bits per heavy atom. The van der Waals surface area contributed by atoms with Crippen LogP contribution < -0.4 is 5.73 Å². The van der Waals surface area contributed by atoms with E-state index < -0.39 is 10.0 Å². The van der Waals surface area contributed by atoms with E-state index in [1.54, 1.807) is 4.31 Å². The van der Waals surface area contributed by atoms with Gasteiger partial charge in [-0.3, -0.25) is 0 Å². The van der Waals surface area contributed by atoms with Crippen LogP contribution in [0.2, 0.25) is 0 Å². The number of nitrogens with two attached hydrogens (primary N) is 1. The molecule has 1 fully saturated rings. The van der Waals surface area contributed by atoms with Gasteiger partial charge in [0.05, 0.1) is 5.25 Å². The zero-order chi connectivity index (χ0) is 12.2. The molecule has 0 aromatic rings. The fourth-order valence-corrected chi connectivity index (χ4v) is 4.59. The van der Waals surface area contributed by atoms with Crippen LogP contribution in [0.4, 0.5) is 0 Å². The third kappa shape index (κ3) is 3.18. The highest BCUT2D eigenvalue weighted by Crippen LogP contribution is 2.28. The van der Waals surface area contributed by atoms with Gasteiger partial charge >= 0.3 is 0 Å². The normalized spacial score (nSPS) is 18.8. The summed E-state index contributed by atoms with van der Waals surface area (Å²) in [6.07, 6.45) is 4.49. The topological polar surface area (TPSA) is 63.4 Å². The van der Waals surface area contributed by atoms with Gasteiger partial charge in [0.2, 0.25) is 10.0 Å². The van der Waals surface area contributed by atoms with Gasteiger partial charge in [-0.25, -0.2) is 8.42 Å². The fraction of sp³-hybridized carbons (Fsp3) is 1.00. The number of sulfonamides is 1. The van der Waals surface area contributed by atoms with Crippen molar-refractivity contribution in [2.45, 2.75) is 57.2 Å². The van der Waals surface area contributed by atoms with Crippen LogP contribution in [0.25, 0.3) is 0 Å². The average Bonchev–Trinajstić information content (AvgIpc) is 2.70. The van der Waals surface area contributed by atoms with Gasteiger partial charge in [0, 0.05) is 12.6 Å². The summed E-state index contributed by atoms with van der Waals surface area (Å²) in [5, 5.41) is -0.146. The lowest BCUT2D eigenvalue weighted by Gasteiger charge is -2.28. The number of rotatable bonds is 6. The van der Waals surface area contributed by atoms with E-state index >= 15 is 0 Å². The molecular weight excluding hydrogens is 224 g/mol. The van der Waals surface area contributed by atoms with Crippen molar-refractivity contribution in [1.29, 1.82) is 0 Å². The van der Waals surface area contributed by atoms with Gasteiger partial charge in [0.1, 0.15) is 0 Å². The van der Waals surface area contributed by atoms with E-state index in [4.69, 9.17) is 5.73 Å². The van der Waals surface area contributed by atoms with Crippen LogP contribution in [0, 0.1) is 0 Å². The molecule has 4 nitrogen and oxygen atoms in total. The molecule has 0 saturated heterocycles. The second-order valence-corrected chi connectivity index (χ2v) is 6.96. The second kappa shape index (κ2) is 5.98. The Morgan fingerprint density at radius 1 is 1.31 bits per heavy atom. The van der Waals surface area contributed by atoms with E-state index in [1.165, 1.54) is 0 Å². The summed E-state index contributed by atoms with van der Waals surface area (Å²) in [5.74, 6) is 0. The van der Waals surface area contributed by atoms with E-state index in [0.29, 0.717) is 13.1 Å². The first kappa shape index (κ1) is 13.9. The smallest absolute Gasteiger partial charge is 0.217 e. The zero-order valence-electron chi connectivity index (χ0n) is 10.4. The van der Waals surface area contributed by atoms with E-state index in [9.17, 15) is 8.42 Å². The van der Waals surface area contributed by atoms with Gasteiger partial charge in [-0.1, -0.05) is 12.8 Å². The molecule has 0 aromatic heterocycles. The van der Waals surface area contributed by atoms with E-state index in [2.05, 4.69) is 0 Å². The molecule has 5 heteroatoms. The Bertz CT molecular complexity index is 295. The Hall–Kier alpha value is -0.130. The number of hydrogen-bond acceptors (Lipinski definition) is 3. The molecule has 0 heterocycles. The van der Waals surface area contributed by atoms with Crippen LogP contribution in [-0.4, -0.2) is 37.1 Å². The fourth-order valence-electron chi connectivity index (χ4n) is 2.30. The number of nitrogens with zero attached hydrogens (tertiary/aromatic N) is 1. The molecule has 16 heavy (non-hydrogen) atoms. The van der Waals surface area contributed by atoms with Crippen molar-refractivity contribution in [3.8, 4) is 0 Å². The quantitative estimate of drug-likeness (QED) is 0.771. The highest BCUT2D eigenvalue weighted by Gasteiger charge is 2.34. The van der Waals surface area contributed by atoms with Gasteiger partial charge in [-0.05, 0) is 39.7 Å². The molecule has 0 radical (unpaired) electrons. The van der Waals surface area contributed by atoms with Gasteiger partial charge in [0.25, 0.3) is 0 Å². The molecule has 0 amide bonds. The summed E-state index contributed by atoms with van der Waals surface area (Å²) in [4.78, 5) is 0. The highest BCUT2D eigenvalue weighted by atomic mass is 32.2. The first-order chi connectivity index (χ1) is 7.50. The molecule has 1 aliphatic carbocycles. The van der Waals surface area contributed by atoms with Crippen LogP contribution in [0.15, 0.2) is 0 Å². The van der Waals surface area contributed by atoms with E-state index in [1.807, 2.05) is 13.8 Å². The molecular formula is C11H24N2O2S. The molecule has 96 valence electrons. The summed E-state index contributed by atoms with van der Waals surface area (Å²) in [6.45, 7) is 4.97. The molecule has 0 aromatic carbocycles. The van der Waals surface area contributed by atoms with Crippen molar-refractivity contribution in [1.82, 2.24) is 4.31 Å². The molecule has 1 saturated carbocycles. The molecule has 0 unspecified atom stereocenters. The number of hydrogen-bond donors (Lipinski definition) is 1. The third-order valence-electron chi connectivity index (χ3n) is 3.21. The van der Waals surface area contributed by atoms with Gasteiger partial charge < -0.3 is 5.73 Å². The van der Waals surface area contributed by atoms with Crippen LogP contribution >= 0.6 is 0 Å². The predicted octanol–water partition coefficient (Wildman–Crippen LogP) is 1.32. The first-order valence-corrected chi connectivity index (χ1v) is 7.71. The highest BCUT2D eigenvalue weighted by molar-refractivity contribution is 7.89. The van der Waals surface area contributed by atoms with Crippen molar-refractivity contribution in [3.63, 3.8) is 0 Å². The summed E-state index contributed by atoms with van der Waals surface area (Å²) in [5.41, 5.74) is 5.45. The van der Waals surface area contributed by atoms with Crippen molar-refractivity contribution >= 4 is 10.0 Å². The van der Waals surface area contributed by atoms with Crippen molar-refractivity contribution in [2.24, 2.45) is 5.73 Å². The average molecular weight is 248 g/mol. The molecule has 0 spiro atoms. The molecule has 1 rings (SSSR count). The lowest BCUT2D eigenvalue weighted by Crippen LogP contribution is -2.43.